The van der Waals surface area contributed by atoms with Crippen molar-refractivity contribution in [2.45, 2.75) is 5.76 Å². The number of rotatable bonds is 4. The number of amidine groups is 1. The lowest BCUT2D eigenvalue weighted by Crippen LogP contribution is -2.21. The maximum atomic E-state index is 12.1. The first-order chi connectivity index (χ1) is 7.86. The van der Waals surface area contributed by atoms with Gasteiger partial charge in [0.2, 0.25) is 0 Å². The van der Waals surface area contributed by atoms with Crippen LogP contribution in [0.25, 0.3) is 0 Å². The van der Waals surface area contributed by atoms with E-state index in [4.69, 9.17) is 10.9 Å². The Morgan fingerprint density at radius 3 is 2.65 bits per heavy atom. The summed E-state index contributed by atoms with van der Waals surface area (Å²) in [4.78, 5) is 0. The van der Waals surface area contributed by atoms with Crippen molar-refractivity contribution in [3.05, 3.63) is 29.8 Å². The highest BCUT2D eigenvalue weighted by Gasteiger charge is 2.23. The molecule has 0 unspecified atom stereocenters. The highest BCUT2D eigenvalue weighted by atomic mass is 32.2. The van der Waals surface area contributed by atoms with E-state index in [0.717, 1.165) is 6.07 Å². The Balaban J connectivity index is 3.02. The van der Waals surface area contributed by atoms with Crippen LogP contribution in [0, 0.1) is 0 Å². The van der Waals surface area contributed by atoms with E-state index in [1.165, 1.54) is 18.2 Å². The molecule has 0 aliphatic rings. The molecule has 94 valence electrons. The van der Waals surface area contributed by atoms with Crippen LogP contribution in [-0.2, 0) is 10.0 Å². The van der Waals surface area contributed by atoms with Crippen molar-refractivity contribution in [3.8, 4) is 0 Å². The molecule has 0 radical (unpaired) electrons. The Morgan fingerprint density at radius 1 is 1.47 bits per heavy atom. The molecule has 4 N–H and O–H groups in total. The van der Waals surface area contributed by atoms with Crippen molar-refractivity contribution in [1.82, 2.24) is 0 Å². The third-order valence-electron chi connectivity index (χ3n) is 1.76. The maximum absolute atomic E-state index is 12.1. The van der Waals surface area contributed by atoms with Gasteiger partial charge < -0.3 is 10.9 Å². The summed E-state index contributed by atoms with van der Waals surface area (Å²) >= 11 is 0. The van der Waals surface area contributed by atoms with Crippen LogP contribution < -0.4 is 10.5 Å². The summed E-state index contributed by atoms with van der Waals surface area (Å²) in [7, 11) is -4.73. The summed E-state index contributed by atoms with van der Waals surface area (Å²) in [5.41, 5.74) is 5.36. The van der Waals surface area contributed by atoms with Gasteiger partial charge >= 0.3 is 5.76 Å². The summed E-state index contributed by atoms with van der Waals surface area (Å²) < 4.78 is 47.6. The second-order valence-electron chi connectivity index (χ2n) is 2.97. The number of sulfonamides is 1. The summed E-state index contributed by atoms with van der Waals surface area (Å²) in [5.74, 6) is -3.79. The van der Waals surface area contributed by atoms with Gasteiger partial charge in [-0.3, -0.25) is 4.72 Å². The molecule has 0 fully saturated rings. The zero-order valence-corrected chi connectivity index (χ0v) is 9.16. The third-order valence-corrected chi connectivity index (χ3v) is 2.75. The SMILES string of the molecule is N/C(=N/O)c1cccc(NS(=O)(=O)C(F)F)c1. The van der Waals surface area contributed by atoms with Crippen LogP contribution in [0.3, 0.4) is 0 Å². The van der Waals surface area contributed by atoms with Gasteiger partial charge in [-0.25, -0.2) is 8.42 Å². The first kappa shape index (κ1) is 13.2. The van der Waals surface area contributed by atoms with E-state index < -0.39 is 15.8 Å². The molecular formula is C8H9F2N3O3S. The van der Waals surface area contributed by atoms with Crippen molar-refractivity contribution in [1.29, 1.82) is 0 Å². The van der Waals surface area contributed by atoms with Crippen LogP contribution in [0.1, 0.15) is 5.56 Å². The highest BCUT2D eigenvalue weighted by Crippen LogP contribution is 2.15. The lowest BCUT2D eigenvalue weighted by Gasteiger charge is -2.07. The fraction of sp³-hybridized carbons (Fsp3) is 0.125. The number of anilines is 1. The van der Waals surface area contributed by atoms with E-state index in [1.54, 1.807) is 4.72 Å². The van der Waals surface area contributed by atoms with E-state index >= 15 is 0 Å². The number of nitrogens with two attached hydrogens (primary N) is 1. The molecule has 9 heteroatoms. The second kappa shape index (κ2) is 4.95. The smallest absolute Gasteiger partial charge is 0.355 e. The van der Waals surface area contributed by atoms with Gasteiger partial charge in [-0.1, -0.05) is 17.3 Å². The topological polar surface area (TPSA) is 105 Å². The van der Waals surface area contributed by atoms with Crippen LogP contribution >= 0.6 is 0 Å². The van der Waals surface area contributed by atoms with E-state index in [-0.39, 0.29) is 17.1 Å². The molecule has 0 amide bonds. The number of hydrogen-bond donors (Lipinski definition) is 3. The van der Waals surface area contributed by atoms with E-state index in [2.05, 4.69) is 5.16 Å². The van der Waals surface area contributed by atoms with Crippen LogP contribution in [0.5, 0.6) is 0 Å². The lowest BCUT2D eigenvalue weighted by molar-refractivity contribution is 0.236. The van der Waals surface area contributed by atoms with E-state index in [0.29, 0.717) is 0 Å². The highest BCUT2D eigenvalue weighted by molar-refractivity contribution is 7.93. The van der Waals surface area contributed by atoms with Crippen molar-refractivity contribution >= 4 is 21.5 Å². The molecule has 0 aliphatic carbocycles. The number of alkyl halides is 2. The number of nitrogens with zero attached hydrogens (tertiary/aromatic N) is 1. The molecule has 0 aliphatic heterocycles. The minimum Gasteiger partial charge on any atom is -0.409 e. The lowest BCUT2D eigenvalue weighted by atomic mass is 10.2. The molecule has 0 saturated carbocycles. The number of hydrogen-bond acceptors (Lipinski definition) is 4. The van der Waals surface area contributed by atoms with Crippen LogP contribution in [0.4, 0.5) is 14.5 Å². The molecular weight excluding hydrogens is 256 g/mol. The Kier molecular flexibility index (Phi) is 3.84. The summed E-state index contributed by atoms with van der Waals surface area (Å²) in [6.07, 6.45) is 0. The molecule has 1 aromatic carbocycles. The first-order valence-corrected chi connectivity index (χ1v) is 5.79. The number of benzene rings is 1. The minimum absolute atomic E-state index is 0.102. The van der Waals surface area contributed by atoms with E-state index in [1.807, 2.05) is 0 Å². The van der Waals surface area contributed by atoms with Crippen LogP contribution in [0.2, 0.25) is 0 Å². The molecule has 6 nitrogen and oxygen atoms in total. The van der Waals surface area contributed by atoms with E-state index in [9.17, 15) is 17.2 Å². The predicted octanol–water partition coefficient (Wildman–Crippen LogP) is 0.745. The van der Waals surface area contributed by atoms with Crippen molar-refractivity contribution < 1.29 is 22.4 Å². The van der Waals surface area contributed by atoms with Gasteiger partial charge in [0, 0.05) is 11.3 Å². The third kappa shape index (κ3) is 3.28. The van der Waals surface area contributed by atoms with Gasteiger partial charge in [-0.2, -0.15) is 8.78 Å². The number of nitrogens with one attached hydrogen (secondary N) is 1. The number of halogens is 2. The average Bonchev–Trinajstić information content (AvgIpc) is 2.27. The largest absolute Gasteiger partial charge is 0.409 e. The Morgan fingerprint density at radius 2 is 2.12 bits per heavy atom. The molecule has 0 bridgehead atoms. The Bertz CT molecular complexity index is 531. The fourth-order valence-corrected chi connectivity index (χ4v) is 1.55. The second-order valence-corrected chi connectivity index (χ2v) is 4.62. The summed E-state index contributed by atoms with van der Waals surface area (Å²) in [5, 5.41) is 11.1. The Labute approximate surface area is 95.8 Å². The zero-order chi connectivity index (χ0) is 13.1. The quantitative estimate of drug-likeness (QED) is 0.323. The average molecular weight is 265 g/mol. The normalized spacial score (nSPS) is 12.8. The molecule has 0 atom stereocenters. The van der Waals surface area contributed by atoms with Gasteiger partial charge in [0.1, 0.15) is 0 Å². The summed E-state index contributed by atoms with van der Waals surface area (Å²) in [6.45, 7) is 0. The fourth-order valence-electron chi connectivity index (χ4n) is 1.01. The van der Waals surface area contributed by atoms with Crippen LogP contribution in [-0.4, -0.2) is 25.2 Å². The van der Waals surface area contributed by atoms with Gasteiger partial charge in [0.05, 0.1) is 0 Å². The minimum atomic E-state index is -4.73. The molecule has 0 aromatic heterocycles. The molecule has 1 rings (SSSR count). The molecule has 17 heavy (non-hydrogen) atoms. The Hall–Kier alpha value is -1.90. The van der Waals surface area contributed by atoms with Gasteiger partial charge in [0.25, 0.3) is 10.0 Å². The molecule has 1 aromatic rings. The zero-order valence-electron chi connectivity index (χ0n) is 8.34. The molecule has 0 heterocycles. The van der Waals surface area contributed by atoms with Crippen LogP contribution in [0.15, 0.2) is 29.4 Å². The van der Waals surface area contributed by atoms with Gasteiger partial charge in [0.15, 0.2) is 5.84 Å². The first-order valence-electron chi connectivity index (χ1n) is 4.24. The van der Waals surface area contributed by atoms with Crippen molar-refractivity contribution in [2.24, 2.45) is 10.9 Å². The molecule has 0 spiro atoms. The maximum Gasteiger partial charge on any atom is 0.355 e. The van der Waals surface area contributed by atoms with Crippen molar-refractivity contribution in [3.63, 3.8) is 0 Å². The summed E-state index contributed by atoms with van der Waals surface area (Å²) in [6, 6.07) is 5.22. The van der Waals surface area contributed by atoms with Crippen molar-refractivity contribution in [2.75, 3.05) is 4.72 Å². The standard InChI is InChI=1S/C8H9F2N3O3S/c9-8(10)17(15,16)13-6-3-1-2-5(4-6)7(11)12-14/h1-4,8,13-14H,(H2,11,12). The monoisotopic (exact) mass is 265 g/mol. The van der Waals surface area contributed by atoms with Gasteiger partial charge in [-0.05, 0) is 12.1 Å². The molecule has 0 saturated heterocycles. The van der Waals surface area contributed by atoms with Gasteiger partial charge in [-0.15, -0.1) is 0 Å². The number of oxime groups is 1. The predicted molar refractivity (Wildman–Crippen MR) is 57.5 cm³/mol.